The smallest absolute Gasteiger partial charge is 0.356 e. The van der Waals surface area contributed by atoms with Gasteiger partial charge in [0.25, 0.3) is 0 Å². The van der Waals surface area contributed by atoms with E-state index in [4.69, 9.17) is 28.4 Å². The zero-order chi connectivity index (χ0) is 16.3. The van der Waals surface area contributed by atoms with Crippen LogP contribution in [-0.2, 0) is 27.8 Å². The van der Waals surface area contributed by atoms with Crippen molar-refractivity contribution in [1.29, 1.82) is 0 Å². The van der Waals surface area contributed by atoms with E-state index in [0.29, 0.717) is 6.42 Å². The number of aliphatic hydroxyl groups excluding tert-OH is 1. The highest BCUT2D eigenvalue weighted by molar-refractivity contribution is 7.53. The Morgan fingerprint density at radius 2 is 1.67 bits per heavy atom. The summed E-state index contributed by atoms with van der Waals surface area (Å²) in [4.78, 5) is 0. The predicted octanol–water partition coefficient (Wildman–Crippen LogP) is 2.38. The van der Waals surface area contributed by atoms with E-state index in [-0.39, 0.29) is 38.6 Å². The molecule has 0 fully saturated rings. The summed E-state index contributed by atoms with van der Waals surface area (Å²) in [7, 11) is -1.82. The van der Waals surface area contributed by atoms with Gasteiger partial charge in [-0.1, -0.05) is 0 Å². The standard InChI is InChI=1S/C13H29O7P/c1-11(2)19-21(15,20-12(3)4)10-18-13(6-7-14)8-17-9-16-5/h11-14H,6-10H2,1-5H3. The van der Waals surface area contributed by atoms with E-state index in [1.54, 1.807) is 27.7 Å². The molecule has 0 aliphatic heterocycles. The van der Waals surface area contributed by atoms with Crippen molar-refractivity contribution >= 4 is 7.60 Å². The summed E-state index contributed by atoms with van der Waals surface area (Å²) in [5.41, 5.74) is 0. The number of hydrogen-bond donors (Lipinski definition) is 1. The minimum atomic E-state index is -3.34. The molecule has 0 aromatic heterocycles. The first-order chi connectivity index (χ1) is 9.83. The zero-order valence-electron chi connectivity index (χ0n) is 13.6. The average Bonchev–Trinajstić information content (AvgIpc) is 2.34. The normalized spacial score (nSPS) is 14.1. The molecule has 0 rings (SSSR count). The minimum Gasteiger partial charge on any atom is -0.396 e. The number of hydrogen-bond acceptors (Lipinski definition) is 7. The van der Waals surface area contributed by atoms with E-state index < -0.39 is 13.7 Å². The number of ether oxygens (including phenoxy) is 3. The molecule has 7 nitrogen and oxygen atoms in total. The highest BCUT2D eigenvalue weighted by Crippen LogP contribution is 2.50. The minimum absolute atomic E-state index is 0.0542. The molecule has 0 aliphatic carbocycles. The molecule has 1 unspecified atom stereocenters. The van der Waals surface area contributed by atoms with Gasteiger partial charge < -0.3 is 28.4 Å². The Kier molecular flexibility index (Phi) is 11.5. The summed E-state index contributed by atoms with van der Waals surface area (Å²) in [6.45, 7) is 7.44. The molecule has 21 heavy (non-hydrogen) atoms. The summed E-state index contributed by atoms with van der Waals surface area (Å²) in [6.07, 6.45) is -0.680. The number of rotatable bonds is 13. The summed E-state index contributed by atoms with van der Waals surface area (Å²) >= 11 is 0. The van der Waals surface area contributed by atoms with E-state index in [1.807, 2.05) is 0 Å². The molecule has 0 radical (unpaired) electrons. The second-order valence-electron chi connectivity index (χ2n) is 5.13. The fraction of sp³-hybridized carbons (Fsp3) is 1.00. The first-order valence-electron chi connectivity index (χ1n) is 7.08. The highest BCUT2D eigenvalue weighted by Gasteiger charge is 2.29. The quantitative estimate of drug-likeness (QED) is 0.316. The Balaban J connectivity index is 4.48. The Morgan fingerprint density at radius 1 is 1.10 bits per heavy atom. The van der Waals surface area contributed by atoms with Gasteiger partial charge >= 0.3 is 7.60 Å². The lowest BCUT2D eigenvalue weighted by molar-refractivity contribution is -0.0794. The number of methoxy groups -OCH3 is 1. The first-order valence-corrected chi connectivity index (χ1v) is 8.80. The third kappa shape index (κ3) is 11.2. The van der Waals surface area contributed by atoms with Crippen LogP contribution in [0.15, 0.2) is 0 Å². The van der Waals surface area contributed by atoms with Crippen molar-refractivity contribution < 1.29 is 32.9 Å². The van der Waals surface area contributed by atoms with Crippen molar-refractivity contribution in [2.45, 2.75) is 52.4 Å². The average molecular weight is 328 g/mol. The Labute approximate surface area is 127 Å². The third-order valence-corrected chi connectivity index (χ3v) is 4.12. The van der Waals surface area contributed by atoms with Gasteiger partial charge in [-0.3, -0.25) is 4.57 Å². The molecular weight excluding hydrogens is 299 g/mol. The maximum Gasteiger partial charge on any atom is 0.356 e. The lowest BCUT2D eigenvalue weighted by Gasteiger charge is -2.25. The van der Waals surface area contributed by atoms with Crippen LogP contribution in [0.25, 0.3) is 0 Å². The van der Waals surface area contributed by atoms with Crippen molar-refractivity contribution in [2.75, 3.05) is 33.5 Å². The van der Waals surface area contributed by atoms with Gasteiger partial charge in [0.15, 0.2) is 0 Å². The summed E-state index contributed by atoms with van der Waals surface area (Å²) < 4.78 is 38.9. The second-order valence-corrected chi connectivity index (χ2v) is 7.03. The molecule has 0 amide bonds. The van der Waals surface area contributed by atoms with Crippen LogP contribution in [0.2, 0.25) is 0 Å². The van der Waals surface area contributed by atoms with Crippen molar-refractivity contribution in [3.63, 3.8) is 0 Å². The molecule has 0 aliphatic rings. The molecular formula is C13H29O7P. The topological polar surface area (TPSA) is 83.5 Å². The van der Waals surface area contributed by atoms with E-state index in [0.717, 1.165) is 0 Å². The fourth-order valence-corrected chi connectivity index (χ4v) is 3.40. The molecule has 1 atom stereocenters. The van der Waals surface area contributed by atoms with Crippen molar-refractivity contribution in [3.8, 4) is 0 Å². The number of aliphatic hydroxyl groups is 1. The molecule has 128 valence electrons. The van der Waals surface area contributed by atoms with Gasteiger partial charge in [0.1, 0.15) is 13.1 Å². The summed E-state index contributed by atoms with van der Waals surface area (Å²) in [5, 5.41) is 9.02. The van der Waals surface area contributed by atoms with E-state index >= 15 is 0 Å². The molecule has 0 spiro atoms. The van der Waals surface area contributed by atoms with E-state index in [2.05, 4.69) is 0 Å². The van der Waals surface area contributed by atoms with Gasteiger partial charge in [-0.2, -0.15) is 0 Å². The van der Waals surface area contributed by atoms with Gasteiger partial charge in [0.2, 0.25) is 0 Å². The van der Waals surface area contributed by atoms with Crippen molar-refractivity contribution in [2.24, 2.45) is 0 Å². The molecule has 0 heterocycles. The van der Waals surface area contributed by atoms with Gasteiger partial charge in [0.05, 0.1) is 24.9 Å². The lowest BCUT2D eigenvalue weighted by Crippen LogP contribution is -2.24. The Bertz CT molecular complexity index is 282. The largest absolute Gasteiger partial charge is 0.396 e. The molecule has 0 saturated carbocycles. The van der Waals surface area contributed by atoms with Crippen LogP contribution >= 0.6 is 7.60 Å². The second kappa shape index (κ2) is 11.5. The monoisotopic (exact) mass is 328 g/mol. The molecule has 8 heteroatoms. The van der Waals surface area contributed by atoms with Gasteiger partial charge in [-0.05, 0) is 34.1 Å². The van der Waals surface area contributed by atoms with E-state index in [1.165, 1.54) is 7.11 Å². The van der Waals surface area contributed by atoms with Crippen LogP contribution in [0.1, 0.15) is 34.1 Å². The van der Waals surface area contributed by atoms with Crippen LogP contribution in [-0.4, -0.2) is 56.9 Å². The van der Waals surface area contributed by atoms with Crippen LogP contribution in [0, 0.1) is 0 Å². The lowest BCUT2D eigenvalue weighted by atomic mass is 10.3. The van der Waals surface area contributed by atoms with Crippen molar-refractivity contribution in [1.82, 2.24) is 0 Å². The molecule has 0 saturated heterocycles. The Hall–Kier alpha value is -0.0100. The SMILES string of the molecule is COCOCC(CCO)OCP(=O)(OC(C)C)OC(C)C. The zero-order valence-corrected chi connectivity index (χ0v) is 14.5. The maximum absolute atomic E-state index is 12.6. The third-order valence-electron chi connectivity index (χ3n) is 2.17. The molecule has 0 aromatic carbocycles. The molecule has 0 bridgehead atoms. The molecule has 0 aromatic rings. The van der Waals surface area contributed by atoms with Gasteiger partial charge in [-0.15, -0.1) is 0 Å². The van der Waals surface area contributed by atoms with Crippen LogP contribution < -0.4 is 0 Å². The van der Waals surface area contributed by atoms with Crippen LogP contribution in [0.3, 0.4) is 0 Å². The van der Waals surface area contributed by atoms with Crippen LogP contribution in [0.5, 0.6) is 0 Å². The maximum atomic E-state index is 12.6. The van der Waals surface area contributed by atoms with Crippen molar-refractivity contribution in [3.05, 3.63) is 0 Å². The van der Waals surface area contributed by atoms with Gasteiger partial charge in [0, 0.05) is 13.7 Å². The fourth-order valence-electron chi connectivity index (χ4n) is 1.55. The first kappa shape index (κ1) is 21.0. The predicted molar refractivity (Wildman–Crippen MR) is 79.3 cm³/mol. The van der Waals surface area contributed by atoms with Crippen LogP contribution in [0.4, 0.5) is 0 Å². The Morgan fingerprint density at radius 3 is 2.10 bits per heavy atom. The molecule has 1 N–H and O–H groups in total. The highest BCUT2D eigenvalue weighted by atomic mass is 31.2. The summed E-state index contributed by atoms with van der Waals surface area (Å²) in [5.74, 6) is 0. The summed E-state index contributed by atoms with van der Waals surface area (Å²) in [6, 6.07) is 0. The van der Waals surface area contributed by atoms with E-state index in [9.17, 15) is 4.57 Å². The van der Waals surface area contributed by atoms with Gasteiger partial charge in [-0.25, -0.2) is 0 Å².